The second kappa shape index (κ2) is 8.54. The first-order valence-corrected chi connectivity index (χ1v) is 8.74. The number of carbonyl (C=O) groups excluding carboxylic acids is 1. The molecule has 0 spiro atoms. The first kappa shape index (κ1) is 18.0. The molecular formula is C23H23NO2. The van der Waals surface area contributed by atoms with Crippen LogP contribution in [0.1, 0.15) is 22.4 Å². The molecule has 1 aromatic heterocycles. The number of rotatable bonds is 7. The number of aryl methyl sites for hydroxylation is 1. The number of aromatic nitrogens is 1. The minimum absolute atomic E-state index is 0.215. The van der Waals surface area contributed by atoms with Gasteiger partial charge in [0.15, 0.2) is 0 Å². The second-order valence-electron chi connectivity index (χ2n) is 6.53. The summed E-state index contributed by atoms with van der Waals surface area (Å²) < 4.78 is 5.15. The van der Waals surface area contributed by atoms with Crippen LogP contribution in [0.5, 0.6) is 0 Å². The van der Waals surface area contributed by atoms with Gasteiger partial charge in [-0.1, -0.05) is 48.5 Å². The van der Waals surface area contributed by atoms with Crippen LogP contribution in [0.25, 0.3) is 11.1 Å². The Hall–Kier alpha value is -2.78. The number of benzene rings is 2. The van der Waals surface area contributed by atoms with Gasteiger partial charge in [-0.15, -0.1) is 0 Å². The topological polar surface area (TPSA) is 39.2 Å². The molecule has 3 heteroatoms. The van der Waals surface area contributed by atoms with Crippen LogP contribution in [0.4, 0.5) is 0 Å². The van der Waals surface area contributed by atoms with Gasteiger partial charge in [-0.3, -0.25) is 9.78 Å². The van der Waals surface area contributed by atoms with E-state index in [9.17, 15) is 4.79 Å². The molecule has 0 amide bonds. The number of ketones is 1. The Morgan fingerprint density at radius 2 is 1.62 bits per heavy atom. The molecule has 26 heavy (non-hydrogen) atoms. The number of ether oxygens (including phenoxy) is 1. The van der Waals surface area contributed by atoms with Crippen LogP contribution in [-0.2, 0) is 29.0 Å². The number of hydrogen-bond acceptors (Lipinski definition) is 3. The lowest BCUT2D eigenvalue weighted by atomic mass is 9.99. The minimum Gasteiger partial charge on any atom is -0.380 e. The molecule has 3 rings (SSSR count). The fourth-order valence-corrected chi connectivity index (χ4v) is 3.05. The highest BCUT2D eigenvalue weighted by Gasteiger charge is 2.07. The van der Waals surface area contributed by atoms with E-state index in [2.05, 4.69) is 23.2 Å². The minimum atomic E-state index is 0.215. The molecule has 0 radical (unpaired) electrons. The summed E-state index contributed by atoms with van der Waals surface area (Å²) in [7, 11) is 1.68. The lowest BCUT2D eigenvalue weighted by Crippen LogP contribution is -2.07. The average Bonchev–Trinajstić information content (AvgIpc) is 2.63. The van der Waals surface area contributed by atoms with Gasteiger partial charge in [0.25, 0.3) is 0 Å². The van der Waals surface area contributed by atoms with Gasteiger partial charge < -0.3 is 4.74 Å². The summed E-state index contributed by atoms with van der Waals surface area (Å²) in [5.74, 6) is 0.215. The van der Waals surface area contributed by atoms with Gasteiger partial charge in [0.2, 0.25) is 0 Å². The van der Waals surface area contributed by atoms with E-state index in [0.29, 0.717) is 19.4 Å². The van der Waals surface area contributed by atoms with Gasteiger partial charge in [-0.25, -0.2) is 0 Å². The van der Waals surface area contributed by atoms with E-state index in [-0.39, 0.29) is 5.78 Å². The van der Waals surface area contributed by atoms with E-state index in [1.165, 1.54) is 0 Å². The zero-order chi connectivity index (χ0) is 18.4. The maximum atomic E-state index is 12.4. The summed E-state index contributed by atoms with van der Waals surface area (Å²) in [6, 6.07) is 20.3. The molecular weight excluding hydrogens is 322 g/mol. The van der Waals surface area contributed by atoms with E-state index < -0.39 is 0 Å². The molecule has 0 aliphatic heterocycles. The lowest BCUT2D eigenvalue weighted by molar-refractivity contribution is -0.117. The Morgan fingerprint density at radius 3 is 2.35 bits per heavy atom. The van der Waals surface area contributed by atoms with Crippen LogP contribution < -0.4 is 0 Å². The molecule has 0 aliphatic rings. The Kier molecular flexibility index (Phi) is 5.92. The molecule has 0 saturated carbocycles. The number of Topliss-reactive ketones (excluding diaryl/α,β-unsaturated/α-hetero) is 1. The van der Waals surface area contributed by atoms with Crippen molar-refractivity contribution in [3.05, 3.63) is 89.2 Å². The quantitative estimate of drug-likeness (QED) is 0.630. The van der Waals surface area contributed by atoms with E-state index in [1.807, 2.05) is 55.6 Å². The highest BCUT2D eigenvalue weighted by atomic mass is 16.5. The van der Waals surface area contributed by atoms with Gasteiger partial charge in [0, 0.05) is 31.8 Å². The molecule has 0 aliphatic carbocycles. The fraction of sp³-hybridized carbons (Fsp3) is 0.217. The third-order valence-corrected chi connectivity index (χ3v) is 4.29. The Labute approximate surface area is 154 Å². The van der Waals surface area contributed by atoms with Crippen LogP contribution in [0.15, 0.2) is 66.9 Å². The largest absolute Gasteiger partial charge is 0.380 e. The third kappa shape index (κ3) is 4.87. The number of hydrogen-bond donors (Lipinski definition) is 0. The van der Waals surface area contributed by atoms with Crippen LogP contribution in [0.2, 0.25) is 0 Å². The molecule has 3 nitrogen and oxygen atoms in total. The molecule has 0 bridgehead atoms. The van der Waals surface area contributed by atoms with Gasteiger partial charge in [0.1, 0.15) is 5.78 Å². The second-order valence-corrected chi connectivity index (χ2v) is 6.53. The molecule has 0 atom stereocenters. The van der Waals surface area contributed by atoms with Crippen molar-refractivity contribution < 1.29 is 9.53 Å². The summed E-state index contributed by atoms with van der Waals surface area (Å²) >= 11 is 0. The molecule has 2 aromatic carbocycles. The molecule has 0 saturated heterocycles. The lowest BCUT2D eigenvalue weighted by Gasteiger charge is -2.06. The van der Waals surface area contributed by atoms with Gasteiger partial charge in [-0.2, -0.15) is 0 Å². The third-order valence-electron chi connectivity index (χ3n) is 4.29. The molecule has 1 heterocycles. The Balaban J connectivity index is 1.63. The standard InChI is InChI=1S/C23H23NO2/c1-17-12-22(10-11-24-17)21-8-6-18(7-9-21)14-23(25)15-19-4-3-5-20(13-19)16-26-2/h3-13H,14-16H2,1-2H3. The first-order valence-electron chi connectivity index (χ1n) is 8.74. The molecule has 3 aromatic rings. The molecule has 0 unspecified atom stereocenters. The van der Waals surface area contributed by atoms with Crippen LogP contribution >= 0.6 is 0 Å². The summed E-state index contributed by atoms with van der Waals surface area (Å²) in [5.41, 5.74) is 6.45. The zero-order valence-corrected chi connectivity index (χ0v) is 15.2. The van der Waals surface area contributed by atoms with Crippen molar-refractivity contribution in [2.75, 3.05) is 7.11 Å². The zero-order valence-electron chi connectivity index (χ0n) is 15.2. The highest BCUT2D eigenvalue weighted by Crippen LogP contribution is 2.20. The van der Waals surface area contributed by atoms with Crippen LogP contribution in [-0.4, -0.2) is 17.9 Å². The number of pyridine rings is 1. The van der Waals surface area contributed by atoms with Gasteiger partial charge in [0.05, 0.1) is 6.61 Å². The van der Waals surface area contributed by atoms with Crippen LogP contribution in [0, 0.1) is 6.92 Å². The van der Waals surface area contributed by atoms with Gasteiger partial charge in [-0.05, 0) is 46.9 Å². The molecule has 132 valence electrons. The van der Waals surface area contributed by atoms with Crippen molar-refractivity contribution in [3.63, 3.8) is 0 Å². The summed E-state index contributed by atoms with van der Waals surface area (Å²) in [4.78, 5) is 16.6. The van der Waals surface area contributed by atoms with Gasteiger partial charge >= 0.3 is 0 Å². The van der Waals surface area contributed by atoms with Crippen molar-refractivity contribution in [2.24, 2.45) is 0 Å². The maximum Gasteiger partial charge on any atom is 0.141 e. The van der Waals surface area contributed by atoms with Crippen molar-refractivity contribution in [1.82, 2.24) is 4.98 Å². The van der Waals surface area contributed by atoms with Crippen molar-refractivity contribution in [1.29, 1.82) is 0 Å². The summed E-state index contributed by atoms with van der Waals surface area (Å²) in [5, 5.41) is 0. The SMILES string of the molecule is COCc1cccc(CC(=O)Cc2ccc(-c3ccnc(C)c3)cc2)c1. The fourth-order valence-electron chi connectivity index (χ4n) is 3.05. The molecule has 0 fully saturated rings. The maximum absolute atomic E-state index is 12.4. The predicted octanol–water partition coefficient (Wildman–Crippen LogP) is 4.56. The normalized spacial score (nSPS) is 10.7. The van der Waals surface area contributed by atoms with E-state index in [0.717, 1.165) is 33.5 Å². The number of carbonyl (C=O) groups is 1. The first-order chi connectivity index (χ1) is 12.6. The number of nitrogens with zero attached hydrogens (tertiary/aromatic N) is 1. The summed E-state index contributed by atoms with van der Waals surface area (Å²) in [6.07, 6.45) is 2.72. The van der Waals surface area contributed by atoms with Crippen molar-refractivity contribution in [3.8, 4) is 11.1 Å². The van der Waals surface area contributed by atoms with Crippen LogP contribution in [0.3, 0.4) is 0 Å². The monoisotopic (exact) mass is 345 g/mol. The summed E-state index contributed by atoms with van der Waals surface area (Å²) in [6.45, 7) is 2.55. The Morgan fingerprint density at radius 1 is 0.885 bits per heavy atom. The van der Waals surface area contributed by atoms with Crippen molar-refractivity contribution >= 4 is 5.78 Å². The van der Waals surface area contributed by atoms with Crippen molar-refractivity contribution in [2.45, 2.75) is 26.4 Å². The number of methoxy groups -OCH3 is 1. The van der Waals surface area contributed by atoms with E-state index >= 15 is 0 Å². The smallest absolute Gasteiger partial charge is 0.141 e. The molecule has 0 N–H and O–H groups in total. The Bertz CT molecular complexity index is 885. The van der Waals surface area contributed by atoms with E-state index in [1.54, 1.807) is 7.11 Å². The van der Waals surface area contributed by atoms with E-state index in [4.69, 9.17) is 4.74 Å². The highest BCUT2D eigenvalue weighted by molar-refractivity contribution is 5.83. The average molecular weight is 345 g/mol. The predicted molar refractivity (Wildman–Crippen MR) is 104 cm³/mol.